The number of ether oxygens (including phenoxy) is 1. The molecule has 0 aliphatic rings. The van der Waals surface area contributed by atoms with E-state index in [1.807, 2.05) is 6.92 Å². The molecule has 0 saturated heterocycles. The fourth-order valence-corrected chi connectivity index (χ4v) is 1.24. The average Bonchev–Trinajstić information content (AvgIpc) is 2.27. The quantitative estimate of drug-likeness (QED) is 0.843. The molecule has 1 unspecified atom stereocenters. The van der Waals surface area contributed by atoms with Crippen molar-refractivity contribution in [3.63, 3.8) is 0 Å². The lowest BCUT2D eigenvalue weighted by atomic mass is 10.2. The number of carbonyl (C=O) groups excluding carboxylic acids is 1. The Labute approximate surface area is 99.2 Å². The van der Waals surface area contributed by atoms with Crippen LogP contribution in [0.25, 0.3) is 0 Å². The minimum absolute atomic E-state index is 0.257. The van der Waals surface area contributed by atoms with E-state index in [4.69, 9.17) is 16.3 Å². The minimum Gasteiger partial charge on any atom is -0.384 e. The maximum absolute atomic E-state index is 11.6. The van der Waals surface area contributed by atoms with Crippen LogP contribution in [0.5, 0.6) is 0 Å². The van der Waals surface area contributed by atoms with Crippen LogP contribution in [0.1, 0.15) is 17.4 Å². The summed E-state index contributed by atoms with van der Waals surface area (Å²) >= 11 is 5.56. The molecule has 1 heterocycles. The van der Waals surface area contributed by atoms with Crippen LogP contribution in [-0.2, 0) is 4.74 Å². The van der Waals surface area contributed by atoms with Crippen molar-refractivity contribution in [1.82, 2.24) is 15.5 Å². The summed E-state index contributed by atoms with van der Waals surface area (Å²) in [5.74, 6) is 0.00123. The molecule has 1 rings (SSSR count). The maximum Gasteiger partial charge on any atom is 0.271 e. The van der Waals surface area contributed by atoms with Crippen LogP contribution in [0, 0.1) is 5.92 Å². The number of hydrogen-bond donors (Lipinski definition) is 1. The summed E-state index contributed by atoms with van der Waals surface area (Å²) in [6.07, 6.45) is 0. The SMILES string of the molecule is COCC(C)CNC(=O)c1ccc(Cl)nn1. The average molecular weight is 244 g/mol. The van der Waals surface area contributed by atoms with Gasteiger partial charge in [0, 0.05) is 13.7 Å². The first-order chi connectivity index (χ1) is 7.63. The standard InChI is InChI=1S/C10H14ClN3O2/c1-7(6-16-2)5-12-10(15)8-3-4-9(11)14-13-8/h3-4,7H,5-6H2,1-2H3,(H,12,15). The molecule has 1 atom stereocenters. The van der Waals surface area contributed by atoms with Gasteiger partial charge in [0.1, 0.15) is 0 Å². The van der Waals surface area contributed by atoms with Crippen molar-refractivity contribution in [2.24, 2.45) is 5.92 Å². The molecule has 0 radical (unpaired) electrons. The molecule has 0 aliphatic carbocycles. The molecule has 0 saturated carbocycles. The van der Waals surface area contributed by atoms with Gasteiger partial charge in [0.05, 0.1) is 6.61 Å². The summed E-state index contributed by atoms with van der Waals surface area (Å²) < 4.78 is 4.96. The van der Waals surface area contributed by atoms with E-state index in [-0.39, 0.29) is 22.7 Å². The molecule has 0 fully saturated rings. The summed E-state index contributed by atoms with van der Waals surface area (Å²) in [7, 11) is 1.63. The molecule has 0 bridgehead atoms. The first-order valence-corrected chi connectivity index (χ1v) is 5.27. The third-order valence-electron chi connectivity index (χ3n) is 1.93. The van der Waals surface area contributed by atoms with Gasteiger partial charge >= 0.3 is 0 Å². The van der Waals surface area contributed by atoms with Gasteiger partial charge in [-0.2, -0.15) is 0 Å². The number of halogens is 1. The van der Waals surface area contributed by atoms with Crippen LogP contribution < -0.4 is 5.32 Å². The molecule has 1 N–H and O–H groups in total. The molecule has 0 spiro atoms. The largest absolute Gasteiger partial charge is 0.384 e. The van der Waals surface area contributed by atoms with Gasteiger partial charge in [-0.25, -0.2) is 0 Å². The Kier molecular flexibility index (Phi) is 5.14. The highest BCUT2D eigenvalue weighted by Crippen LogP contribution is 2.02. The zero-order valence-electron chi connectivity index (χ0n) is 9.24. The van der Waals surface area contributed by atoms with Gasteiger partial charge in [0.25, 0.3) is 5.91 Å². The van der Waals surface area contributed by atoms with Gasteiger partial charge in [0.15, 0.2) is 10.8 Å². The summed E-state index contributed by atoms with van der Waals surface area (Å²) in [5, 5.41) is 10.3. The van der Waals surface area contributed by atoms with Crippen LogP contribution in [0.2, 0.25) is 5.15 Å². The van der Waals surface area contributed by atoms with E-state index in [1.54, 1.807) is 7.11 Å². The van der Waals surface area contributed by atoms with Crippen molar-refractivity contribution in [3.05, 3.63) is 23.0 Å². The number of hydrogen-bond acceptors (Lipinski definition) is 4. The lowest BCUT2D eigenvalue weighted by molar-refractivity contribution is 0.0928. The predicted octanol–water partition coefficient (Wildman–Crippen LogP) is 1.14. The summed E-state index contributed by atoms with van der Waals surface area (Å²) in [6, 6.07) is 3.06. The normalized spacial score (nSPS) is 12.2. The zero-order chi connectivity index (χ0) is 12.0. The van der Waals surface area contributed by atoms with Crippen LogP contribution in [0.15, 0.2) is 12.1 Å². The van der Waals surface area contributed by atoms with Crippen LogP contribution in [-0.4, -0.2) is 36.4 Å². The zero-order valence-corrected chi connectivity index (χ0v) is 9.99. The van der Waals surface area contributed by atoms with Gasteiger partial charge in [-0.3, -0.25) is 4.79 Å². The molecule has 1 amide bonds. The summed E-state index contributed by atoms with van der Waals surface area (Å²) in [5.41, 5.74) is 0.258. The van der Waals surface area contributed by atoms with Gasteiger partial charge in [0.2, 0.25) is 0 Å². The fourth-order valence-electron chi connectivity index (χ4n) is 1.14. The highest BCUT2D eigenvalue weighted by molar-refractivity contribution is 6.29. The molecule has 5 nitrogen and oxygen atoms in total. The Morgan fingerprint density at radius 2 is 2.31 bits per heavy atom. The second-order valence-corrected chi connectivity index (χ2v) is 3.90. The topological polar surface area (TPSA) is 64.1 Å². The van der Waals surface area contributed by atoms with Crippen molar-refractivity contribution in [1.29, 1.82) is 0 Å². The van der Waals surface area contributed by atoms with Crippen LogP contribution in [0.4, 0.5) is 0 Å². The molecule has 0 aliphatic heterocycles. The second-order valence-electron chi connectivity index (χ2n) is 3.51. The molecule has 1 aromatic heterocycles. The van der Waals surface area contributed by atoms with E-state index < -0.39 is 0 Å². The Bertz CT molecular complexity index is 342. The number of aromatic nitrogens is 2. The van der Waals surface area contributed by atoms with E-state index in [1.165, 1.54) is 12.1 Å². The van der Waals surface area contributed by atoms with Gasteiger partial charge < -0.3 is 10.1 Å². The van der Waals surface area contributed by atoms with Gasteiger partial charge in [-0.15, -0.1) is 10.2 Å². The Morgan fingerprint density at radius 3 is 2.88 bits per heavy atom. The van der Waals surface area contributed by atoms with E-state index in [0.717, 1.165) is 0 Å². The fraction of sp³-hybridized carbons (Fsp3) is 0.500. The lowest BCUT2D eigenvalue weighted by Crippen LogP contribution is -2.30. The first-order valence-electron chi connectivity index (χ1n) is 4.90. The Balaban J connectivity index is 2.43. The predicted molar refractivity (Wildman–Crippen MR) is 60.4 cm³/mol. The van der Waals surface area contributed by atoms with Crippen molar-refractivity contribution in [2.45, 2.75) is 6.92 Å². The number of nitrogens with one attached hydrogen (secondary N) is 1. The molecule has 0 aromatic carbocycles. The molecule has 88 valence electrons. The van der Waals surface area contributed by atoms with E-state index in [2.05, 4.69) is 15.5 Å². The lowest BCUT2D eigenvalue weighted by Gasteiger charge is -2.10. The molecule has 16 heavy (non-hydrogen) atoms. The first kappa shape index (κ1) is 12.9. The van der Waals surface area contributed by atoms with Crippen molar-refractivity contribution < 1.29 is 9.53 Å². The monoisotopic (exact) mass is 243 g/mol. The Morgan fingerprint density at radius 1 is 1.56 bits per heavy atom. The van der Waals surface area contributed by atoms with Crippen molar-refractivity contribution >= 4 is 17.5 Å². The van der Waals surface area contributed by atoms with Crippen LogP contribution >= 0.6 is 11.6 Å². The number of amides is 1. The number of nitrogens with zero attached hydrogens (tertiary/aromatic N) is 2. The number of methoxy groups -OCH3 is 1. The third-order valence-corrected chi connectivity index (χ3v) is 2.13. The third kappa shape index (κ3) is 4.12. The molecule has 1 aromatic rings. The molecular formula is C10H14ClN3O2. The molecule has 6 heteroatoms. The number of rotatable bonds is 5. The van der Waals surface area contributed by atoms with Crippen molar-refractivity contribution in [2.75, 3.05) is 20.3 Å². The van der Waals surface area contributed by atoms with Crippen molar-refractivity contribution in [3.8, 4) is 0 Å². The van der Waals surface area contributed by atoms with E-state index in [0.29, 0.717) is 13.2 Å². The highest BCUT2D eigenvalue weighted by atomic mass is 35.5. The minimum atomic E-state index is -0.257. The van der Waals surface area contributed by atoms with Gasteiger partial charge in [-0.05, 0) is 18.1 Å². The molecular weight excluding hydrogens is 230 g/mol. The highest BCUT2D eigenvalue weighted by Gasteiger charge is 2.09. The summed E-state index contributed by atoms with van der Waals surface area (Å²) in [4.78, 5) is 11.6. The second kappa shape index (κ2) is 6.40. The van der Waals surface area contributed by atoms with Gasteiger partial charge in [-0.1, -0.05) is 18.5 Å². The van der Waals surface area contributed by atoms with E-state index >= 15 is 0 Å². The Hall–Kier alpha value is -1.20. The summed E-state index contributed by atoms with van der Waals surface area (Å²) in [6.45, 7) is 3.13. The number of carbonyl (C=O) groups is 1. The van der Waals surface area contributed by atoms with E-state index in [9.17, 15) is 4.79 Å². The smallest absolute Gasteiger partial charge is 0.271 e. The van der Waals surface area contributed by atoms with Crippen LogP contribution in [0.3, 0.4) is 0 Å². The maximum atomic E-state index is 11.6.